The van der Waals surface area contributed by atoms with Crippen molar-refractivity contribution >= 4 is 39.1 Å². The van der Waals surface area contributed by atoms with Crippen molar-refractivity contribution in [2.75, 3.05) is 13.2 Å². The molecule has 0 aliphatic carbocycles. The van der Waals surface area contributed by atoms with Crippen LogP contribution < -0.4 is 10.1 Å². The largest absolute Gasteiger partial charge is 0.479 e. The molecule has 0 atom stereocenters. The normalized spacial score (nSPS) is 10.0. The third kappa shape index (κ3) is 4.05. The first-order chi connectivity index (χ1) is 11.7. The molecule has 1 N–H and O–H groups in total. The van der Waals surface area contributed by atoms with E-state index >= 15 is 0 Å². The summed E-state index contributed by atoms with van der Waals surface area (Å²) in [5.74, 6) is 6.03. The fraction of sp³-hybridized carbons (Fsp3) is 0.111. The van der Waals surface area contributed by atoms with Crippen molar-refractivity contribution in [3.8, 4) is 17.6 Å². The Morgan fingerprint density at radius 2 is 1.96 bits per heavy atom. The Morgan fingerprint density at radius 1 is 1.17 bits per heavy atom. The summed E-state index contributed by atoms with van der Waals surface area (Å²) in [6, 6.07) is 14.8. The minimum atomic E-state index is -0.225. The molecule has 120 valence electrons. The zero-order valence-corrected chi connectivity index (χ0v) is 14.2. The summed E-state index contributed by atoms with van der Waals surface area (Å²) >= 11 is 7.33. The van der Waals surface area contributed by atoms with E-state index in [1.807, 2.05) is 36.4 Å². The third-order valence-corrected chi connectivity index (χ3v) is 4.43. The number of carbonyl (C=O) groups is 1. The van der Waals surface area contributed by atoms with Crippen molar-refractivity contribution in [2.24, 2.45) is 0 Å². The topological polar surface area (TPSA) is 51.2 Å². The zero-order chi connectivity index (χ0) is 16.8. The second-order valence-electron chi connectivity index (χ2n) is 4.74. The van der Waals surface area contributed by atoms with Gasteiger partial charge in [0, 0.05) is 0 Å². The molecule has 0 saturated carbocycles. The van der Waals surface area contributed by atoms with E-state index in [1.165, 1.54) is 11.3 Å². The number of hydrogen-bond donors (Lipinski definition) is 1. The highest BCUT2D eigenvalue weighted by Crippen LogP contribution is 2.23. The molecule has 1 amide bonds. The number of rotatable bonds is 4. The number of aromatic nitrogens is 1. The van der Waals surface area contributed by atoms with Crippen LogP contribution in [0.2, 0.25) is 5.02 Å². The first-order valence-electron chi connectivity index (χ1n) is 7.21. The lowest BCUT2D eigenvalue weighted by Gasteiger charge is -2.02. The molecule has 3 rings (SSSR count). The van der Waals surface area contributed by atoms with E-state index in [0.717, 1.165) is 10.2 Å². The van der Waals surface area contributed by atoms with Gasteiger partial charge in [0.1, 0.15) is 12.4 Å². The molecule has 0 bridgehead atoms. The molecule has 0 unspecified atom stereocenters. The van der Waals surface area contributed by atoms with Gasteiger partial charge in [-0.3, -0.25) is 4.79 Å². The molecule has 6 heteroatoms. The Hall–Kier alpha value is -2.55. The van der Waals surface area contributed by atoms with Crippen LogP contribution in [-0.2, 0) is 0 Å². The van der Waals surface area contributed by atoms with Crippen LogP contribution in [-0.4, -0.2) is 24.0 Å². The number of ether oxygens (including phenoxy) is 1. The third-order valence-electron chi connectivity index (χ3n) is 3.09. The van der Waals surface area contributed by atoms with Crippen LogP contribution in [0.4, 0.5) is 0 Å². The monoisotopic (exact) mass is 356 g/mol. The second-order valence-corrected chi connectivity index (χ2v) is 6.18. The Bertz CT molecular complexity index is 894. The highest BCUT2D eigenvalue weighted by Gasteiger charge is 2.10. The Labute approximate surface area is 148 Å². The van der Waals surface area contributed by atoms with Crippen molar-refractivity contribution in [1.82, 2.24) is 10.3 Å². The van der Waals surface area contributed by atoms with Crippen LogP contribution in [0.3, 0.4) is 0 Å². The van der Waals surface area contributed by atoms with Crippen LogP contribution in [0.25, 0.3) is 10.2 Å². The fourth-order valence-electron chi connectivity index (χ4n) is 1.96. The first kappa shape index (κ1) is 16.3. The predicted octanol–water partition coefficient (Wildman–Crippen LogP) is 3.76. The van der Waals surface area contributed by atoms with Crippen LogP contribution in [0, 0.1) is 11.8 Å². The number of para-hydroxylation sites is 2. The molecular formula is C18H13ClN2O2S. The SMILES string of the molecule is O=C(NCC#CCOc1ccccc1Cl)c1nc2ccccc2s1. The van der Waals surface area contributed by atoms with Gasteiger partial charge in [0.05, 0.1) is 21.8 Å². The number of nitrogens with zero attached hydrogens (tertiary/aromatic N) is 1. The van der Waals surface area contributed by atoms with Crippen molar-refractivity contribution in [3.63, 3.8) is 0 Å². The quantitative estimate of drug-likeness (QED) is 0.724. The van der Waals surface area contributed by atoms with Crippen LogP contribution in [0.15, 0.2) is 48.5 Å². The maximum Gasteiger partial charge on any atom is 0.281 e. The van der Waals surface area contributed by atoms with Gasteiger partial charge in [-0.15, -0.1) is 11.3 Å². The van der Waals surface area contributed by atoms with Crippen molar-refractivity contribution in [3.05, 3.63) is 58.6 Å². The number of carbonyl (C=O) groups excluding carboxylic acids is 1. The lowest BCUT2D eigenvalue weighted by Crippen LogP contribution is -2.23. The maximum absolute atomic E-state index is 12.0. The maximum atomic E-state index is 12.0. The average Bonchev–Trinajstić information content (AvgIpc) is 3.03. The smallest absolute Gasteiger partial charge is 0.281 e. The number of amides is 1. The summed E-state index contributed by atoms with van der Waals surface area (Å²) in [6.07, 6.45) is 0. The van der Waals surface area contributed by atoms with Gasteiger partial charge in [0.2, 0.25) is 0 Å². The van der Waals surface area contributed by atoms with Crippen LogP contribution in [0.1, 0.15) is 9.80 Å². The minimum Gasteiger partial charge on any atom is -0.479 e. The van der Waals surface area contributed by atoms with E-state index in [4.69, 9.17) is 16.3 Å². The summed E-state index contributed by atoms with van der Waals surface area (Å²) in [5.41, 5.74) is 0.826. The molecule has 4 nitrogen and oxygen atoms in total. The van der Waals surface area contributed by atoms with Gasteiger partial charge < -0.3 is 10.1 Å². The van der Waals surface area contributed by atoms with Gasteiger partial charge in [0.25, 0.3) is 5.91 Å². The molecule has 1 aromatic heterocycles. The highest BCUT2D eigenvalue weighted by atomic mass is 35.5. The van der Waals surface area contributed by atoms with Crippen molar-refractivity contribution in [2.45, 2.75) is 0 Å². The molecule has 0 fully saturated rings. The average molecular weight is 357 g/mol. The Morgan fingerprint density at radius 3 is 2.79 bits per heavy atom. The highest BCUT2D eigenvalue weighted by molar-refractivity contribution is 7.20. The summed E-state index contributed by atoms with van der Waals surface area (Å²) in [6.45, 7) is 0.446. The second kappa shape index (κ2) is 7.82. The van der Waals surface area contributed by atoms with Gasteiger partial charge in [-0.2, -0.15) is 0 Å². The molecule has 2 aromatic carbocycles. The zero-order valence-electron chi connectivity index (χ0n) is 12.6. The van der Waals surface area contributed by atoms with Gasteiger partial charge in [-0.25, -0.2) is 4.98 Å². The van der Waals surface area contributed by atoms with Gasteiger partial charge in [0.15, 0.2) is 5.01 Å². The van der Waals surface area contributed by atoms with E-state index in [0.29, 0.717) is 15.8 Å². The van der Waals surface area contributed by atoms with Gasteiger partial charge in [-0.1, -0.05) is 47.7 Å². The number of halogens is 1. The van der Waals surface area contributed by atoms with E-state index in [9.17, 15) is 4.79 Å². The molecule has 0 spiro atoms. The predicted molar refractivity (Wildman–Crippen MR) is 96.7 cm³/mol. The number of hydrogen-bond acceptors (Lipinski definition) is 4. The molecule has 0 radical (unpaired) electrons. The number of thiazole rings is 1. The van der Waals surface area contributed by atoms with Gasteiger partial charge in [-0.05, 0) is 24.3 Å². The Balaban J connectivity index is 1.48. The number of benzene rings is 2. The fourth-order valence-corrected chi connectivity index (χ4v) is 3.03. The molecule has 0 saturated heterocycles. The van der Waals surface area contributed by atoms with E-state index in [2.05, 4.69) is 22.1 Å². The van der Waals surface area contributed by atoms with Crippen LogP contribution >= 0.6 is 22.9 Å². The summed E-state index contributed by atoms with van der Waals surface area (Å²) in [4.78, 5) is 16.3. The molecular weight excluding hydrogens is 344 g/mol. The van der Waals surface area contributed by atoms with Gasteiger partial charge >= 0.3 is 0 Å². The summed E-state index contributed by atoms with van der Waals surface area (Å²) in [5, 5.41) is 3.70. The lowest BCUT2D eigenvalue weighted by atomic mass is 10.3. The minimum absolute atomic E-state index is 0.209. The van der Waals surface area contributed by atoms with Crippen molar-refractivity contribution in [1.29, 1.82) is 0 Å². The molecule has 0 aliphatic rings. The summed E-state index contributed by atoms with van der Waals surface area (Å²) < 4.78 is 6.43. The Kier molecular flexibility index (Phi) is 5.32. The standard InChI is InChI=1S/C18H13ClN2O2S/c19-13-7-1-3-9-15(13)23-12-6-5-11-20-17(22)18-21-14-8-2-4-10-16(14)24-18/h1-4,7-10H,11-12H2,(H,20,22). The molecule has 3 aromatic rings. The number of nitrogens with one attached hydrogen (secondary N) is 1. The molecule has 1 heterocycles. The summed E-state index contributed by atoms with van der Waals surface area (Å²) in [7, 11) is 0. The van der Waals surface area contributed by atoms with E-state index in [1.54, 1.807) is 12.1 Å². The van der Waals surface area contributed by atoms with E-state index in [-0.39, 0.29) is 19.1 Å². The molecule has 24 heavy (non-hydrogen) atoms. The number of fused-ring (bicyclic) bond motifs is 1. The van der Waals surface area contributed by atoms with Crippen LogP contribution in [0.5, 0.6) is 5.75 Å². The first-order valence-corrected chi connectivity index (χ1v) is 8.40. The molecule has 0 aliphatic heterocycles. The lowest BCUT2D eigenvalue weighted by molar-refractivity contribution is 0.0958. The van der Waals surface area contributed by atoms with E-state index < -0.39 is 0 Å². The van der Waals surface area contributed by atoms with Crippen molar-refractivity contribution < 1.29 is 9.53 Å².